The smallest absolute Gasteiger partial charge is 0.358 e. The number of carbonyl (C=O) groups excluding carboxylic acids is 1. The minimum absolute atomic E-state index is 0. The van der Waals surface area contributed by atoms with Crippen molar-refractivity contribution in [2.75, 3.05) is 13.1 Å². The molecule has 2 rings (SSSR count). The fourth-order valence-electron chi connectivity index (χ4n) is 2.22. The molecule has 8 nitrogen and oxygen atoms in total. The van der Waals surface area contributed by atoms with Crippen LogP contribution in [0.15, 0.2) is 6.20 Å². The number of amides is 1. The van der Waals surface area contributed by atoms with E-state index in [4.69, 9.17) is 5.73 Å². The molecule has 112 valence electrons. The number of rotatable bonds is 3. The number of carbonyl (C=O) groups is 1. The van der Waals surface area contributed by atoms with Gasteiger partial charge in [0.15, 0.2) is 0 Å². The van der Waals surface area contributed by atoms with Crippen LogP contribution >= 0.6 is 12.4 Å². The van der Waals surface area contributed by atoms with Gasteiger partial charge in [0, 0.05) is 26.1 Å². The first-order valence-corrected chi connectivity index (χ1v) is 6.19. The molecule has 1 fully saturated rings. The molecule has 0 spiro atoms. The number of aromatic nitrogens is 2. The number of nitrogens with zero attached hydrogens (tertiary/aromatic N) is 4. The first kappa shape index (κ1) is 16.4. The van der Waals surface area contributed by atoms with Gasteiger partial charge in [0.2, 0.25) is 11.7 Å². The van der Waals surface area contributed by atoms with Gasteiger partial charge in [-0.2, -0.15) is 0 Å². The van der Waals surface area contributed by atoms with E-state index in [-0.39, 0.29) is 36.7 Å². The molecule has 1 aliphatic rings. The van der Waals surface area contributed by atoms with Crippen LogP contribution in [0.1, 0.15) is 18.7 Å². The zero-order valence-electron chi connectivity index (χ0n) is 11.2. The van der Waals surface area contributed by atoms with E-state index in [0.717, 1.165) is 12.8 Å². The average molecular weight is 304 g/mol. The summed E-state index contributed by atoms with van der Waals surface area (Å²) in [6.45, 7) is 2.96. The van der Waals surface area contributed by atoms with Crippen molar-refractivity contribution >= 4 is 24.1 Å². The van der Waals surface area contributed by atoms with E-state index in [1.807, 2.05) is 0 Å². The van der Waals surface area contributed by atoms with Gasteiger partial charge in [0.1, 0.15) is 12.7 Å². The van der Waals surface area contributed by atoms with E-state index in [2.05, 4.69) is 4.98 Å². The number of likely N-dealkylation sites (tertiary alicyclic amines) is 1. The van der Waals surface area contributed by atoms with Crippen molar-refractivity contribution in [1.29, 1.82) is 0 Å². The van der Waals surface area contributed by atoms with Crippen molar-refractivity contribution < 1.29 is 9.72 Å². The molecule has 0 radical (unpaired) electrons. The number of piperidine rings is 1. The molecule has 9 heteroatoms. The second-order valence-electron chi connectivity index (χ2n) is 4.77. The van der Waals surface area contributed by atoms with Crippen LogP contribution in [0.5, 0.6) is 0 Å². The minimum atomic E-state index is -0.565. The molecule has 0 saturated carbocycles. The maximum Gasteiger partial charge on any atom is 0.381 e. The summed E-state index contributed by atoms with van der Waals surface area (Å²) in [6, 6.07) is 0.0240. The summed E-state index contributed by atoms with van der Waals surface area (Å²) in [5.74, 6) is 0.146. The van der Waals surface area contributed by atoms with Gasteiger partial charge in [-0.1, -0.05) is 0 Å². The molecule has 2 N–H and O–H groups in total. The van der Waals surface area contributed by atoms with Crippen molar-refractivity contribution in [3.05, 3.63) is 22.1 Å². The quantitative estimate of drug-likeness (QED) is 0.645. The maximum atomic E-state index is 12.1. The molecule has 1 aliphatic heterocycles. The van der Waals surface area contributed by atoms with E-state index < -0.39 is 4.92 Å². The van der Waals surface area contributed by atoms with Crippen LogP contribution in [-0.4, -0.2) is 44.4 Å². The van der Waals surface area contributed by atoms with Crippen molar-refractivity contribution in [2.24, 2.45) is 5.73 Å². The van der Waals surface area contributed by atoms with E-state index in [9.17, 15) is 14.9 Å². The van der Waals surface area contributed by atoms with E-state index in [1.165, 1.54) is 10.8 Å². The highest BCUT2D eigenvalue weighted by molar-refractivity contribution is 5.85. The highest BCUT2D eigenvalue weighted by Crippen LogP contribution is 2.13. The Labute approximate surface area is 122 Å². The predicted octanol–water partition coefficient (Wildman–Crippen LogP) is 0.471. The normalized spacial score (nSPS) is 18.5. The number of halogens is 1. The van der Waals surface area contributed by atoms with Crippen molar-refractivity contribution in [3.8, 4) is 0 Å². The molecule has 1 atom stereocenters. The van der Waals surface area contributed by atoms with Crippen molar-refractivity contribution in [2.45, 2.75) is 32.4 Å². The molecule has 1 saturated heterocycles. The Kier molecular flexibility index (Phi) is 5.46. The zero-order chi connectivity index (χ0) is 14.0. The zero-order valence-corrected chi connectivity index (χ0v) is 12.0. The summed E-state index contributed by atoms with van der Waals surface area (Å²) in [7, 11) is 0. The Bertz CT molecular complexity index is 504. The SMILES string of the molecule is Cc1nc([N+](=O)[O-])cn1CC(=O)N1CCCC(N)C1.Cl. The third-order valence-corrected chi connectivity index (χ3v) is 3.27. The molecule has 0 aliphatic carbocycles. The molecular formula is C11H18ClN5O3. The van der Waals surface area contributed by atoms with E-state index in [0.29, 0.717) is 18.9 Å². The number of aryl methyl sites for hydroxylation is 1. The minimum Gasteiger partial charge on any atom is -0.358 e. The van der Waals surface area contributed by atoms with Crippen LogP contribution in [0, 0.1) is 17.0 Å². The highest BCUT2D eigenvalue weighted by atomic mass is 35.5. The lowest BCUT2D eigenvalue weighted by Gasteiger charge is -2.30. The van der Waals surface area contributed by atoms with Crippen LogP contribution < -0.4 is 5.73 Å². The molecule has 0 aromatic carbocycles. The second-order valence-corrected chi connectivity index (χ2v) is 4.77. The second kappa shape index (κ2) is 6.67. The van der Waals surface area contributed by atoms with Gasteiger partial charge in [-0.25, -0.2) is 0 Å². The number of hydrogen-bond acceptors (Lipinski definition) is 5. The molecule has 1 amide bonds. The summed E-state index contributed by atoms with van der Waals surface area (Å²) >= 11 is 0. The first-order valence-electron chi connectivity index (χ1n) is 6.19. The lowest BCUT2D eigenvalue weighted by atomic mass is 10.1. The third kappa shape index (κ3) is 3.67. The van der Waals surface area contributed by atoms with E-state index in [1.54, 1.807) is 11.8 Å². The summed E-state index contributed by atoms with van der Waals surface area (Å²) in [4.78, 5) is 27.6. The molecule has 0 bridgehead atoms. The number of imidazole rings is 1. The van der Waals surface area contributed by atoms with Crippen molar-refractivity contribution in [1.82, 2.24) is 14.5 Å². The van der Waals surface area contributed by atoms with Crippen molar-refractivity contribution in [3.63, 3.8) is 0 Å². The standard InChI is InChI=1S/C11H17N5O3.ClH/c1-8-13-10(16(18)19)6-15(8)7-11(17)14-4-2-3-9(12)5-14;/h6,9H,2-5,7,12H2,1H3;1H. The van der Waals surface area contributed by atoms with Crippen LogP contribution in [0.2, 0.25) is 0 Å². The monoisotopic (exact) mass is 303 g/mol. The van der Waals surface area contributed by atoms with Gasteiger partial charge in [0.05, 0.1) is 0 Å². The topological polar surface area (TPSA) is 107 Å². The van der Waals surface area contributed by atoms with Gasteiger partial charge in [-0.3, -0.25) is 9.36 Å². The largest absolute Gasteiger partial charge is 0.381 e. The Morgan fingerprint density at radius 3 is 2.90 bits per heavy atom. The Morgan fingerprint density at radius 2 is 2.35 bits per heavy atom. The summed E-state index contributed by atoms with van der Waals surface area (Å²) in [6.07, 6.45) is 3.12. The Hall–Kier alpha value is -1.67. The van der Waals surface area contributed by atoms with Crippen LogP contribution in [0.3, 0.4) is 0 Å². The summed E-state index contributed by atoms with van der Waals surface area (Å²) in [5.41, 5.74) is 5.83. The number of nitrogens with two attached hydrogens (primary N) is 1. The molecular weight excluding hydrogens is 286 g/mol. The number of hydrogen-bond donors (Lipinski definition) is 1. The summed E-state index contributed by atoms with van der Waals surface area (Å²) < 4.78 is 1.50. The molecule has 1 aromatic rings. The fourth-order valence-corrected chi connectivity index (χ4v) is 2.22. The lowest BCUT2D eigenvalue weighted by molar-refractivity contribution is -0.389. The molecule has 1 unspecified atom stereocenters. The summed E-state index contributed by atoms with van der Waals surface area (Å²) in [5, 5.41) is 10.6. The maximum absolute atomic E-state index is 12.1. The first-order chi connectivity index (χ1) is 8.97. The predicted molar refractivity (Wildman–Crippen MR) is 74.7 cm³/mol. The Morgan fingerprint density at radius 1 is 1.65 bits per heavy atom. The highest BCUT2D eigenvalue weighted by Gasteiger charge is 2.23. The van der Waals surface area contributed by atoms with Gasteiger partial charge in [-0.05, 0) is 22.7 Å². The fraction of sp³-hybridized carbons (Fsp3) is 0.636. The number of nitro groups is 1. The van der Waals surface area contributed by atoms with Gasteiger partial charge < -0.3 is 20.7 Å². The molecule has 1 aromatic heterocycles. The molecule has 20 heavy (non-hydrogen) atoms. The molecule has 2 heterocycles. The van der Waals surface area contributed by atoms with Gasteiger partial charge in [-0.15, -0.1) is 12.4 Å². The Balaban J connectivity index is 0.00000200. The lowest BCUT2D eigenvalue weighted by Crippen LogP contribution is -2.46. The average Bonchev–Trinajstić information content (AvgIpc) is 2.71. The van der Waals surface area contributed by atoms with Gasteiger partial charge >= 0.3 is 5.82 Å². The van der Waals surface area contributed by atoms with Crippen LogP contribution in [-0.2, 0) is 11.3 Å². The third-order valence-electron chi connectivity index (χ3n) is 3.27. The van der Waals surface area contributed by atoms with Crippen LogP contribution in [0.4, 0.5) is 5.82 Å². The van der Waals surface area contributed by atoms with Crippen LogP contribution in [0.25, 0.3) is 0 Å². The van der Waals surface area contributed by atoms with E-state index >= 15 is 0 Å². The van der Waals surface area contributed by atoms with Gasteiger partial charge in [0.25, 0.3) is 0 Å².